The molecule has 1 aromatic carbocycles. The fraction of sp³-hybridized carbons (Fsp3) is 0.600. The molecule has 0 aliphatic carbocycles. The molecule has 0 amide bonds. The van der Waals surface area contributed by atoms with Crippen LogP contribution in [0, 0.1) is 5.92 Å². The molecular weight excluding hydrogens is 304 g/mol. The molecule has 134 valence electrons. The van der Waals surface area contributed by atoms with Crippen LogP contribution in [0.15, 0.2) is 35.9 Å². The minimum Gasteiger partial charge on any atom is -0.486 e. The molecule has 1 aliphatic heterocycles. The van der Waals surface area contributed by atoms with Gasteiger partial charge >= 0.3 is 0 Å². The second kappa shape index (κ2) is 10.4. The molecule has 0 bridgehead atoms. The van der Waals surface area contributed by atoms with E-state index in [9.17, 15) is 0 Å². The van der Waals surface area contributed by atoms with E-state index < -0.39 is 0 Å². The van der Waals surface area contributed by atoms with Gasteiger partial charge in [-0.05, 0) is 37.8 Å². The third kappa shape index (κ3) is 6.93. The highest BCUT2D eigenvalue weighted by Crippen LogP contribution is 2.30. The lowest BCUT2D eigenvalue weighted by atomic mass is 10.1. The summed E-state index contributed by atoms with van der Waals surface area (Å²) in [7, 11) is 0. The van der Waals surface area contributed by atoms with Crippen molar-refractivity contribution in [1.82, 2.24) is 0 Å². The zero-order valence-electron chi connectivity index (χ0n) is 15.1. The molecule has 0 radical (unpaired) electrons. The van der Waals surface area contributed by atoms with Crippen molar-refractivity contribution in [3.63, 3.8) is 0 Å². The summed E-state index contributed by atoms with van der Waals surface area (Å²) in [5, 5.41) is 0. The molecule has 0 spiro atoms. The summed E-state index contributed by atoms with van der Waals surface area (Å²) in [6.45, 7) is 9.84. The fourth-order valence-corrected chi connectivity index (χ4v) is 2.30. The Bertz CT molecular complexity index is 510. The summed E-state index contributed by atoms with van der Waals surface area (Å²) in [4.78, 5) is 0. The molecule has 2 rings (SSSR count). The van der Waals surface area contributed by atoms with Gasteiger partial charge in [0.1, 0.15) is 6.61 Å². The van der Waals surface area contributed by atoms with Gasteiger partial charge in [-0.25, -0.2) is 0 Å². The van der Waals surface area contributed by atoms with Crippen LogP contribution in [0.25, 0.3) is 0 Å². The lowest BCUT2D eigenvalue weighted by Crippen LogP contribution is -2.33. The second-order valence-corrected chi connectivity index (χ2v) is 6.63. The second-order valence-electron chi connectivity index (χ2n) is 6.63. The normalized spacial score (nSPS) is 17.3. The van der Waals surface area contributed by atoms with Crippen LogP contribution in [-0.2, 0) is 9.47 Å². The van der Waals surface area contributed by atoms with Crippen LogP contribution in [0.2, 0.25) is 0 Å². The summed E-state index contributed by atoms with van der Waals surface area (Å²) in [6, 6.07) is 7.73. The van der Waals surface area contributed by atoms with Crippen LogP contribution in [0.4, 0.5) is 0 Å². The highest BCUT2D eigenvalue weighted by molar-refractivity contribution is 5.40. The predicted octanol–water partition coefficient (Wildman–Crippen LogP) is 4.24. The largest absolute Gasteiger partial charge is 0.486 e. The van der Waals surface area contributed by atoms with Gasteiger partial charge in [0.2, 0.25) is 0 Å². The Hall–Kier alpha value is -1.52. The Morgan fingerprint density at radius 1 is 1.21 bits per heavy atom. The maximum atomic E-state index is 5.86. The van der Waals surface area contributed by atoms with Crippen molar-refractivity contribution < 1.29 is 18.9 Å². The quantitative estimate of drug-likeness (QED) is 0.474. The van der Waals surface area contributed by atoms with Crippen LogP contribution in [0.5, 0.6) is 11.5 Å². The number of benzene rings is 1. The van der Waals surface area contributed by atoms with Gasteiger partial charge in [-0.2, -0.15) is 0 Å². The molecule has 1 atom stereocenters. The van der Waals surface area contributed by atoms with E-state index in [1.165, 1.54) is 5.57 Å². The van der Waals surface area contributed by atoms with Crippen molar-refractivity contribution in [2.24, 2.45) is 5.92 Å². The van der Waals surface area contributed by atoms with Crippen LogP contribution < -0.4 is 9.47 Å². The van der Waals surface area contributed by atoms with E-state index in [-0.39, 0.29) is 6.10 Å². The predicted molar refractivity (Wildman–Crippen MR) is 95.8 cm³/mol. The third-order valence-corrected chi connectivity index (χ3v) is 3.90. The lowest BCUT2D eigenvalue weighted by Gasteiger charge is -2.26. The summed E-state index contributed by atoms with van der Waals surface area (Å²) in [6.07, 6.45) is 4.15. The van der Waals surface area contributed by atoms with Crippen molar-refractivity contribution in [3.05, 3.63) is 35.9 Å². The van der Waals surface area contributed by atoms with Crippen molar-refractivity contribution in [2.75, 3.05) is 33.0 Å². The van der Waals surface area contributed by atoms with Gasteiger partial charge in [-0.15, -0.1) is 0 Å². The van der Waals surface area contributed by atoms with Gasteiger partial charge in [0.15, 0.2) is 17.6 Å². The molecule has 1 heterocycles. The van der Waals surface area contributed by atoms with E-state index >= 15 is 0 Å². The first-order valence-corrected chi connectivity index (χ1v) is 8.84. The first-order valence-electron chi connectivity index (χ1n) is 8.84. The van der Waals surface area contributed by atoms with Crippen LogP contribution >= 0.6 is 0 Å². The average molecular weight is 334 g/mol. The number of para-hydroxylation sites is 2. The summed E-state index contributed by atoms with van der Waals surface area (Å²) in [5.74, 6) is 2.30. The number of rotatable bonds is 10. The first kappa shape index (κ1) is 18.8. The number of hydrogen-bond donors (Lipinski definition) is 0. The summed E-state index contributed by atoms with van der Waals surface area (Å²) in [5.41, 5.74) is 1.30. The maximum absolute atomic E-state index is 5.86. The molecule has 4 nitrogen and oxygen atoms in total. The van der Waals surface area contributed by atoms with Gasteiger partial charge < -0.3 is 18.9 Å². The highest BCUT2D eigenvalue weighted by Gasteiger charge is 2.20. The van der Waals surface area contributed by atoms with Gasteiger partial charge in [0.25, 0.3) is 0 Å². The Balaban J connectivity index is 1.56. The Kier molecular flexibility index (Phi) is 8.13. The van der Waals surface area contributed by atoms with Crippen molar-refractivity contribution in [1.29, 1.82) is 0 Å². The summed E-state index contributed by atoms with van der Waals surface area (Å²) < 4.78 is 22.9. The molecule has 1 aromatic rings. The molecule has 24 heavy (non-hydrogen) atoms. The van der Waals surface area contributed by atoms with E-state index in [0.717, 1.165) is 37.6 Å². The fourth-order valence-electron chi connectivity index (χ4n) is 2.30. The Morgan fingerprint density at radius 2 is 2.00 bits per heavy atom. The van der Waals surface area contributed by atoms with Crippen molar-refractivity contribution >= 4 is 0 Å². The zero-order valence-corrected chi connectivity index (χ0v) is 15.1. The third-order valence-electron chi connectivity index (χ3n) is 3.90. The molecule has 4 heteroatoms. The van der Waals surface area contributed by atoms with E-state index in [1.807, 2.05) is 24.3 Å². The molecule has 0 N–H and O–H groups in total. The van der Waals surface area contributed by atoms with Crippen LogP contribution in [-0.4, -0.2) is 39.1 Å². The zero-order chi connectivity index (χ0) is 17.2. The van der Waals surface area contributed by atoms with Crippen molar-refractivity contribution in [3.8, 4) is 11.5 Å². The maximum Gasteiger partial charge on any atom is 0.161 e. The number of fused-ring (bicyclic) bond motifs is 1. The first-order chi connectivity index (χ1) is 11.6. The van der Waals surface area contributed by atoms with Gasteiger partial charge in [0.05, 0.1) is 19.8 Å². The minimum atomic E-state index is -0.0482. The van der Waals surface area contributed by atoms with E-state index in [0.29, 0.717) is 25.7 Å². The number of ether oxygens (including phenoxy) is 4. The lowest BCUT2D eigenvalue weighted by molar-refractivity contribution is 0.0170. The standard InChI is InChI=1S/C20H30O4/c1-16(2)8-11-21-12-9-17(3)10-13-22-14-18-15-23-19-6-4-5-7-20(19)24-18/h4-7,10,16,18H,8-9,11-15H2,1-3H3/b17-10+. The van der Waals surface area contributed by atoms with E-state index in [2.05, 4.69) is 26.8 Å². The molecule has 0 fully saturated rings. The van der Waals surface area contributed by atoms with E-state index in [4.69, 9.17) is 18.9 Å². The van der Waals surface area contributed by atoms with Crippen LogP contribution in [0.1, 0.15) is 33.6 Å². The average Bonchev–Trinajstić information content (AvgIpc) is 2.58. The molecule has 0 saturated heterocycles. The highest BCUT2D eigenvalue weighted by atomic mass is 16.6. The molecule has 1 aliphatic rings. The Morgan fingerprint density at radius 3 is 2.79 bits per heavy atom. The topological polar surface area (TPSA) is 36.9 Å². The monoisotopic (exact) mass is 334 g/mol. The van der Waals surface area contributed by atoms with Gasteiger partial charge in [-0.3, -0.25) is 0 Å². The van der Waals surface area contributed by atoms with Crippen molar-refractivity contribution in [2.45, 2.75) is 39.7 Å². The minimum absolute atomic E-state index is 0.0482. The SMILES string of the molecule is C/C(=C\COCC1COc2ccccc2O1)CCOCCC(C)C. The molecule has 1 unspecified atom stereocenters. The number of hydrogen-bond acceptors (Lipinski definition) is 4. The van der Waals surface area contributed by atoms with Gasteiger partial charge in [-0.1, -0.05) is 37.6 Å². The summed E-state index contributed by atoms with van der Waals surface area (Å²) >= 11 is 0. The smallest absolute Gasteiger partial charge is 0.161 e. The molecule has 0 saturated carbocycles. The van der Waals surface area contributed by atoms with Gasteiger partial charge in [0, 0.05) is 6.61 Å². The molecular formula is C20H30O4. The van der Waals surface area contributed by atoms with E-state index in [1.54, 1.807) is 0 Å². The Labute approximate surface area is 145 Å². The molecule has 0 aromatic heterocycles. The van der Waals surface area contributed by atoms with Crippen LogP contribution in [0.3, 0.4) is 0 Å².